The molecule has 1 atom stereocenters. The van der Waals surface area contributed by atoms with E-state index in [1.165, 1.54) is 18.2 Å². The maximum absolute atomic E-state index is 12.8. The summed E-state index contributed by atoms with van der Waals surface area (Å²) in [5, 5.41) is 2.98. The van der Waals surface area contributed by atoms with Gasteiger partial charge in [-0.1, -0.05) is 28.1 Å². The zero-order valence-electron chi connectivity index (χ0n) is 12.3. The van der Waals surface area contributed by atoms with Gasteiger partial charge in [0.25, 0.3) is 0 Å². The van der Waals surface area contributed by atoms with Crippen molar-refractivity contribution in [1.82, 2.24) is 5.32 Å². The van der Waals surface area contributed by atoms with Crippen LogP contribution in [0.1, 0.15) is 23.6 Å². The van der Waals surface area contributed by atoms with E-state index in [-0.39, 0.29) is 17.8 Å². The van der Waals surface area contributed by atoms with E-state index < -0.39 is 0 Å². The first-order chi connectivity index (χ1) is 11.1. The van der Waals surface area contributed by atoms with Crippen molar-refractivity contribution in [3.8, 4) is 5.75 Å². The third kappa shape index (κ3) is 3.99. The summed E-state index contributed by atoms with van der Waals surface area (Å²) >= 11 is 3.44. The minimum atomic E-state index is -0.295. The van der Waals surface area contributed by atoms with Crippen LogP contribution >= 0.6 is 15.9 Å². The van der Waals surface area contributed by atoms with Crippen LogP contribution in [0.25, 0.3) is 6.08 Å². The molecule has 0 fully saturated rings. The molecule has 1 aliphatic heterocycles. The summed E-state index contributed by atoms with van der Waals surface area (Å²) in [6.45, 7) is 0.571. The highest BCUT2D eigenvalue weighted by atomic mass is 79.9. The van der Waals surface area contributed by atoms with E-state index in [4.69, 9.17) is 4.74 Å². The molecule has 1 aliphatic rings. The van der Waals surface area contributed by atoms with Gasteiger partial charge in [0.1, 0.15) is 11.6 Å². The predicted molar refractivity (Wildman–Crippen MR) is 90.6 cm³/mol. The van der Waals surface area contributed by atoms with Crippen molar-refractivity contribution in [2.45, 2.75) is 12.5 Å². The summed E-state index contributed by atoms with van der Waals surface area (Å²) in [5.41, 5.74) is 1.74. The molecule has 118 valence electrons. The van der Waals surface area contributed by atoms with Crippen molar-refractivity contribution < 1.29 is 13.9 Å². The Morgan fingerprint density at radius 2 is 2.04 bits per heavy atom. The molecule has 0 bridgehead atoms. The van der Waals surface area contributed by atoms with Crippen LogP contribution in [0.2, 0.25) is 0 Å². The van der Waals surface area contributed by atoms with Crippen molar-refractivity contribution in [3.63, 3.8) is 0 Å². The molecule has 0 radical (unpaired) electrons. The Labute approximate surface area is 142 Å². The third-order valence-electron chi connectivity index (χ3n) is 3.62. The van der Waals surface area contributed by atoms with Crippen molar-refractivity contribution in [2.75, 3.05) is 6.61 Å². The van der Waals surface area contributed by atoms with Crippen LogP contribution in [0.5, 0.6) is 5.75 Å². The molecule has 23 heavy (non-hydrogen) atoms. The Kier molecular flexibility index (Phi) is 4.76. The zero-order valence-corrected chi connectivity index (χ0v) is 13.8. The van der Waals surface area contributed by atoms with Crippen molar-refractivity contribution in [2.24, 2.45) is 0 Å². The molecule has 3 rings (SSSR count). The number of hydrogen-bond donors (Lipinski definition) is 1. The van der Waals surface area contributed by atoms with E-state index in [0.717, 1.165) is 27.8 Å². The molecule has 5 heteroatoms. The average Bonchev–Trinajstić information content (AvgIpc) is 2.55. The van der Waals surface area contributed by atoms with Gasteiger partial charge in [-0.25, -0.2) is 4.39 Å². The molecular weight excluding hydrogens is 361 g/mol. The average molecular weight is 376 g/mol. The molecule has 0 aliphatic carbocycles. The number of benzene rings is 2. The number of rotatable bonds is 3. The first kappa shape index (κ1) is 15.7. The van der Waals surface area contributed by atoms with Gasteiger partial charge in [0.05, 0.1) is 12.6 Å². The van der Waals surface area contributed by atoms with Crippen LogP contribution in [0.15, 0.2) is 53.0 Å². The standard InChI is InChI=1S/C18H15BrFNO2/c19-13-4-7-17-15(11-13)16(9-10-23-17)21-18(22)8-3-12-1-5-14(20)6-2-12/h1-8,11,16H,9-10H2,(H,21,22)/b8-3+. The van der Waals surface area contributed by atoms with Gasteiger partial charge in [-0.3, -0.25) is 4.79 Å². The molecule has 0 aromatic heterocycles. The smallest absolute Gasteiger partial charge is 0.244 e. The normalized spacial score (nSPS) is 16.7. The monoisotopic (exact) mass is 375 g/mol. The Morgan fingerprint density at radius 3 is 2.83 bits per heavy atom. The van der Waals surface area contributed by atoms with Gasteiger partial charge in [0.15, 0.2) is 0 Å². The quantitative estimate of drug-likeness (QED) is 0.814. The molecule has 2 aromatic rings. The topological polar surface area (TPSA) is 38.3 Å². The van der Waals surface area contributed by atoms with Crippen molar-refractivity contribution >= 4 is 27.9 Å². The van der Waals surface area contributed by atoms with Gasteiger partial charge in [0.2, 0.25) is 5.91 Å². The molecule has 1 unspecified atom stereocenters. The summed E-state index contributed by atoms with van der Waals surface area (Å²) < 4.78 is 19.4. The molecule has 3 nitrogen and oxygen atoms in total. The molecular formula is C18H15BrFNO2. The second-order valence-electron chi connectivity index (χ2n) is 5.27. The molecule has 0 spiro atoms. The van der Waals surface area contributed by atoms with Gasteiger partial charge < -0.3 is 10.1 Å². The number of hydrogen-bond acceptors (Lipinski definition) is 2. The van der Waals surface area contributed by atoms with E-state index in [0.29, 0.717) is 6.61 Å². The van der Waals surface area contributed by atoms with E-state index in [2.05, 4.69) is 21.2 Å². The lowest BCUT2D eigenvalue weighted by molar-refractivity contribution is -0.117. The Balaban J connectivity index is 1.69. The number of carbonyl (C=O) groups is 1. The molecule has 1 heterocycles. The van der Waals surface area contributed by atoms with Gasteiger partial charge in [-0.2, -0.15) is 0 Å². The van der Waals surface area contributed by atoms with Gasteiger partial charge >= 0.3 is 0 Å². The highest BCUT2D eigenvalue weighted by Gasteiger charge is 2.22. The highest BCUT2D eigenvalue weighted by Crippen LogP contribution is 2.34. The number of amides is 1. The summed E-state index contributed by atoms with van der Waals surface area (Å²) in [6, 6.07) is 11.7. The minimum Gasteiger partial charge on any atom is -0.493 e. The lowest BCUT2D eigenvalue weighted by Gasteiger charge is -2.26. The fourth-order valence-corrected chi connectivity index (χ4v) is 2.86. The van der Waals surface area contributed by atoms with Crippen LogP contribution in [0, 0.1) is 5.82 Å². The third-order valence-corrected chi connectivity index (χ3v) is 4.12. The molecule has 2 aromatic carbocycles. The van der Waals surface area contributed by atoms with Crippen molar-refractivity contribution in [3.05, 3.63) is 70.0 Å². The Hall–Kier alpha value is -2.14. The number of ether oxygens (including phenoxy) is 1. The molecule has 1 N–H and O–H groups in total. The minimum absolute atomic E-state index is 0.0818. The number of nitrogens with one attached hydrogen (secondary N) is 1. The summed E-state index contributed by atoms with van der Waals surface area (Å²) in [7, 11) is 0. The largest absolute Gasteiger partial charge is 0.493 e. The lowest BCUT2D eigenvalue weighted by Crippen LogP contribution is -2.31. The second kappa shape index (κ2) is 6.96. The van der Waals surface area contributed by atoms with Crippen LogP contribution in [-0.2, 0) is 4.79 Å². The van der Waals surface area contributed by atoms with Crippen LogP contribution in [0.4, 0.5) is 4.39 Å². The summed E-state index contributed by atoms with van der Waals surface area (Å²) in [6.07, 6.45) is 3.84. The first-order valence-corrected chi connectivity index (χ1v) is 8.07. The van der Waals surface area contributed by atoms with Crippen LogP contribution in [0.3, 0.4) is 0 Å². The Bertz CT molecular complexity index is 743. The fourth-order valence-electron chi connectivity index (χ4n) is 2.48. The fraction of sp³-hybridized carbons (Fsp3) is 0.167. The highest BCUT2D eigenvalue weighted by molar-refractivity contribution is 9.10. The predicted octanol–water partition coefficient (Wildman–Crippen LogP) is 4.24. The van der Waals surface area contributed by atoms with Crippen LogP contribution < -0.4 is 10.1 Å². The van der Waals surface area contributed by atoms with Gasteiger partial charge in [-0.05, 0) is 42.0 Å². The van der Waals surface area contributed by atoms with Gasteiger partial charge in [0, 0.05) is 22.5 Å². The van der Waals surface area contributed by atoms with E-state index in [1.807, 2.05) is 18.2 Å². The Morgan fingerprint density at radius 1 is 1.26 bits per heavy atom. The molecule has 0 saturated heterocycles. The molecule has 1 amide bonds. The summed E-state index contributed by atoms with van der Waals surface area (Å²) in [4.78, 5) is 12.1. The van der Waals surface area contributed by atoms with E-state index in [1.54, 1.807) is 18.2 Å². The maximum atomic E-state index is 12.8. The molecule has 0 saturated carbocycles. The second-order valence-corrected chi connectivity index (χ2v) is 6.18. The van der Waals surface area contributed by atoms with Crippen LogP contribution in [-0.4, -0.2) is 12.5 Å². The van der Waals surface area contributed by atoms with E-state index in [9.17, 15) is 9.18 Å². The van der Waals surface area contributed by atoms with Crippen molar-refractivity contribution in [1.29, 1.82) is 0 Å². The SMILES string of the molecule is O=C(/C=C/c1ccc(F)cc1)NC1CCOc2ccc(Br)cc21. The lowest BCUT2D eigenvalue weighted by atomic mass is 10.0. The number of carbonyl (C=O) groups excluding carboxylic acids is 1. The maximum Gasteiger partial charge on any atom is 0.244 e. The summed E-state index contributed by atoms with van der Waals surface area (Å²) in [5.74, 6) is 0.315. The van der Waals surface area contributed by atoms with E-state index >= 15 is 0 Å². The number of fused-ring (bicyclic) bond motifs is 1. The first-order valence-electron chi connectivity index (χ1n) is 7.28. The zero-order chi connectivity index (χ0) is 16.2. The van der Waals surface area contributed by atoms with Gasteiger partial charge in [-0.15, -0.1) is 0 Å². The number of halogens is 2.